The van der Waals surface area contributed by atoms with Crippen molar-refractivity contribution in [1.29, 1.82) is 0 Å². The van der Waals surface area contributed by atoms with E-state index >= 15 is 0 Å². The summed E-state index contributed by atoms with van der Waals surface area (Å²) in [6, 6.07) is 0.230. The van der Waals surface area contributed by atoms with Gasteiger partial charge in [-0.15, -0.1) is 10.2 Å². The van der Waals surface area contributed by atoms with Gasteiger partial charge in [0.1, 0.15) is 5.82 Å². The van der Waals surface area contributed by atoms with Crippen LogP contribution in [0.1, 0.15) is 45.4 Å². The molecule has 0 bridgehead atoms. The van der Waals surface area contributed by atoms with Gasteiger partial charge in [-0.1, -0.05) is 37.9 Å². The van der Waals surface area contributed by atoms with Crippen LogP contribution in [0.3, 0.4) is 0 Å². The van der Waals surface area contributed by atoms with Crippen LogP contribution in [0.2, 0.25) is 0 Å². The summed E-state index contributed by atoms with van der Waals surface area (Å²) in [7, 11) is 0. The van der Waals surface area contributed by atoms with Gasteiger partial charge in [0.2, 0.25) is 5.91 Å². The van der Waals surface area contributed by atoms with Crippen LogP contribution >= 0.6 is 11.8 Å². The molecule has 0 aliphatic rings. The molecule has 3 N–H and O–H groups in total. The molecule has 7 heteroatoms. The van der Waals surface area contributed by atoms with Crippen molar-refractivity contribution >= 4 is 17.7 Å². The molecule has 1 heterocycles. The maximum Gasteiger partial charge on any atom is 0.230 e. The summed E-state index contributed by atoms with van der Waals surface area (Å²) >= 11 is 1.41. The average Bonchev–Trinajstić information content (AvgIpc) is 2.78. The van der Waals surface area contributed by atoms with Crippen LogP contribution in [-0.2, 0) is 11.3 Å². The Bertz CT molecular complexity index is 435. The van der Waals surface area contributed by atoms with Crippen LogP contribution in [0.25, 0.3) is 0 Å². The van der Waals surface area contributed by atoms with Crippen molar-refractivity contribution in [3.8, 4) is 0 Å². The van der Waals surface area contributed by atoms with E-state index < -0.39 is 0 Å². The van der Waals surface area contributed by atoms with Crippen molar-refractivity contribution in [3.63, 3.8) is 0 Å². The lowest BCUT2D eigenvalue weighted by Crippen LogP contribution is -2.33. The second kappa shape index (κ2) is 9.78. The fourth-order valence-corrected chi connectivity index (χ4v) is 2.90. The number of thioether (sulfide) groups is 1. The third-order valence-electron chi connectivity index (χ3n) is 3.23. The maximum absolute atomic E-state index is 11.9. The quantitative estimate of drug-likeness (QED) is 0.507. The molecule has 1 amide bonds. The minimum absolute atomic E-state index is 0.0453. The number of aromatic nitrogens is 3. The van der Waals surface area contributed by atoms with Gasteiger partial charge in [-0.25, -0.2) is 0 Å². The van der Waals surface area contributed by atoms with Crippen molar-refractivity contribution in [3.05, 3.63) is 5.82 Å². The van der Waals surface area contributed by atoms with E-state index in [1.54, 1.807) is 0 Å². The number of nitrogens with one attached hydrogen (secondary N) is 1. The van der Waals surface area contributed by atoms with Crippen molar-refractivity contribution in [2.75, 3.05) is 12.3 Å². The summed E-state index contributed by atoms with van der Waals surface area (Å²) < 4.78 is 1.95. The lowest BCUT2D eigenvalue weighted by atomic mass is 10.1. The normalized spacial score (nSPS) is 12.4. The van der Waals surface area contributed by atoms with Crippen LogP contribution in [0.4, 0.5) is 0 Å². The third kappa shape index (κ3) is 6.48. The average molecular weight is 313 g/mol. The van der Waals surface area contributed by atoms with Crippen LogP contribution in [0.15, 0.2) is 5.16 Å². The minimum atomic E-state index is 0.0453. The number of carbonyl (C=O) groups excluding carboxylic acids is 1. The van der Waals surface area contributed by atoms with Gasteiger partial charge in [-0.05, 0) is 20.3 Å². The summed E-state index contributed by atoms with van der Waals surface area (Å²) in [5, 5.41) is 11.9. The van der Waals surface area contributed by atoms with Gasteiger partial charge in [0.25, 0.3) is 0 Å². The predicted molar refractivity (Wildman–Crippen MR) is 86.3 cm³/mol. The first kappa shape index (κ1) is 18.0. The monoisotopic (exact) mass is 313 g/mol. The first-order valence-electron chi connectivity index (χ1n) is 7.60. The van der Waals surface area contributed by atoms with Crippen LogP contribution in [0.5, 0.6) is 0 Å². The molecule has 0 aliphatic carbocycles. The van der Waals surface area contributed by atoms with E-state index in [1.165, 1.54) is 24.6 Å². The molecular weight excluding hydrogens is 286 g/mol. The number of aryl methyl sites for hydroxylation is 1. The molecular formula is C14H27N5OS. The number of hydrogen-bond acceptors (Lipinski definition) is 5. The smallest absolute Gasteiger partial charge is 0.230 e. The summed E-state index contributed by atoms with van der Waals surface area (Å²) in [5.74, 6) is 1.24. The maximum atomic E-state index is 11.9. The summed E-state index contributed by atoms with van der Waals surface area (Å²) in [5.41, 5.74) is 5.57. The van der Waals surface area contributed by atoms with E-state index in [4.69, 9.17) is 5.73 Å². The molecule has 6 nitrogen and oxygen atoms in total. The van der Waals surface area contributed by atoms with Gasteiger partial charge in [-0.2, -0.15) is 0 Å². The molecule has 1 atom stereocenters. The highest BCUT2D eigenvalue weighted by molar-refractivity contribution is 7.99. The van der Waals surface area contributed by atoms with E-state index in [9.17, 15) is 4.79 Å². The second-order valence-electron chi connectivity index (χ2n) is 5.22. The Morgan fingerprint density at radius 3 is 2.86 bits per heavy atom. The Balaban J connectivity index is 2.36. The lowest BCUT2D eigenvalue weighted by Gasteiger charge is -2.13. The van der Waals surface area contributed by atoms with Gasteiger partial charge in [0, 0.05) is 19.1 Å². The topological polar surface area (TPSA) is 85.8 Å². The largest absolute Gasteiger partial charge is 0.353 e. The molecule has 0 fully saturated rings. The molecule has 120 valence electrons. The Kier molecular flexibility index (Phi) is 8.37. The Labute approximate surface area is 131 Å². The zero-order valence-electron chi connectivity index (χ0n) is 13.3. The molecule has 1 aromatic heterocycles. The van der Waals surface area contributed by atoms with E-state index in [0.717, 1.165) is 23.8 Å². The van der Waals surface area contributed by atoms with Crippen molar-refractivity contribution in [2.24, 2.45) is 5.73 Å². The predicted octanol–water partition coefficient (Wildman–Crippen LogP) is 1.72. The zero-order chi connectivity index (χ0) is 15.7. The van der Waals surface area contributed by atoms with Gasteiger partial charge < -0.3 is 15.6 Å². The molecule has 0 saturated carbocycles. The Hall–Kier alpha value is -1.08. The van der Waals surface area contributed by atoms with E-state index in [2.05, 4.69) is 29.4 Å². The van der Waals surface area contributed by atoms with E-state index in [1.807, 2.05) is 11.5 Å². The number of unbranched alkanes of at least 4 members (excludes halogenated alkanes) is 2. The van der Waals surface area contributed by atoms with Crippen LogP contribution in [-0.4, -0.2) is 39.0 Å². The fraction of sp³-hybridized carbons (Fsp3) is 0.786. The Morgan fingerprint density at radius 2 is 2.19 bits per heavy atom. The zero-order valence-corrected chi connectivity index (χ0v) is 14.1. The van der Waals surface area contributed by atoms with Gasteiger partial charge in [0.05, 0.1) is 5.75 Å². The van der Waals surface area contributed by atoms with Gasteiger partial charge >= 0.3 is 0 Å². The minimum Gasteiger partial charge on any atom is -0.353 e. The number of amides is 1. The highest BCUT2D eigenvalue weighted by Gasteiger charge is 2.12. The molecule has 0 radical (unpaired) electrons. The molecule has 0 aromatic carbocycles. The van der Waals surface area contributed by atoms with Gasteiger partial charge in [-0.3, -0.25) is 4.79 Å². The van der Waals surface area contributed by atoms with Crippen molar-refractivity contribution < 1.29 is 4.79 Å². The first-order valence-corrected chi connectivity index (χ1v) is 8.59. The summed E-state index contributed by atoms with van der Waals surface area (Å²) in [6.07, 6.45) is 4.62. The SMILES string of the molecule is CCCCCC(C)NC(=O)CSc1nnc(C)n1CCN. The lowest BCUT2D eigenvalue weighted by molar-refractivity contribution is -0.119. The first-order chi connectivity index (χ1) is 10.1. The molecule has 0 spiro atoms. The number of nitrogens with zero attached hydrogens (tertiary/aromatic N) is 3. The van der Waals surface area contributed by atoms with Crippen LogP contribution in [0, 0.1) is 6.92 Å². The van der Waals surface area contributed by atoms with Crippen molar-refractivity contribution in [2.45, 2.75) is 64.2 Å². The molecule has 21 heavy (non-hydrogen) atoms. The van der Waals surface area contributed by atoms with E-state index in [-0.39, 0.29) is 11.9 Å². The number of nitrogens with two attached hydrogens (primary N) is 1. The highest BCUT2D eigenvalue weighted by Crippen LogP contribution is 2.16. The Morgan fingerprint density at radius 1 is 1.43 bits per heavy atom. The molecule has 0 saturated heterocycles. The molecule has 1 rings (SSSR count). The number of rotatable bonds is 10. The molecule has 0 aliphatic heterocycles. The molecule has 1 aromatic rings. The standard InChI is InChI=1S/C14H27N5OS/c1-4-5-6-7-11(2)16-13(20)10-21-14-18-17-12(3)19(14)9-8-15/h11H,4-10,15H2,1-3H3,(H,16,20). The molecule has 1 unspecified atom stereocenters. The van der Waals surface area contributed by atoms with Crippen LogP contribution < -0.4 is 11.1 Å². The number of hydrogen-bond donors (Lipinski definition) is 2. The third-order valence-corrected chi connectivity index (χ3v) is 4.20. The van der Waals surface area contributed by atoms with Gasteiger partial charge in [0.15, 0.2) is 5.16 Å². The number of carbonyl (C=O) groups is 1. The summed E-state index contributed by atoms with van der Waals surface area (Å²) in [6.45, 7) is 7.34. The fourth-order valence-electron chi connectivity index (χ4n) is 2.07. The highest BCUT2D eigenvalue weighted by atomic mass is 32.2. The van der Waals surface area contributed by atoms with E-state index in [0.29, 0.717) is 18.8 Å². The summed E-state index contributed by atoms with van der Waals surface area (Å²) in [4.78, 5) is 11.9. The second-order valence-corrected chi connectivity index (χ2v) is 6.17. The van der Waals surface area contributed by atoms with Crippen molar-refractivity contribution in [1.82, 2.24) is 20.1 Å².